The number of nitrogens with one attached hydrogen (secondary N) is 1. The molecule has 0 atom stereocenters. The Kier molecular flexibility index (Phi) is 8.10. The Hall–Kier alpha value is -3.72. The Morgan fingerprint density at radius 3 is 2.54 bits per heavy atom. The largest absolute Gasteiger partial charge is 0.457 e. The maximum Gasteiger partial charge on any atom is 0.228 e. The summed E-state index contributed by atoms with van der Waals surface area (Å²) in [6, 6.07) is 30.1. The van der Waals surface area contributed by atoms with E-state index in [4.69, 9.17) is 16.3 Å². The molecule has 0 saturated carbocycles. The van der Waals surface area contributed by atoms with Gasteiger partial charge in [-0.25, -0.2) is 0 Å². The van der Waals surface area contributed by atoms with Crippen LogP contribution in [-0.4, -0.2) is 11.7 Å². The van der Waals surface area contributed by atoms with Gasteiger partial charge in [0.1, 0.15) is 11.5 Å². The molecule has 4 nitrogen and oxygen atoms in total. The molecule has 1 N–H and O–H groups in total. The molecule has 0 unspecified atom stereocenters. The van der Waals surface area contributed by atoms with Crippen LogP contribution in [0, 0.1) is 11.3 Å². The molecule has 0 spiro atoms. The van der Waals surface area contributed by atoms with E-state index >= 15 is 0 Å². The zero-order valence-corrected chi connectivity index (χ0v) is 20.7. The second kappa shape index (κ2) is 11.6. The summed E-state index contributed by atoms with van der Waals surface area (Å²) in [6.45, 7) is 2.11. The van der Waals surface area contributed by atoms with E-state index in [0.29, 0.717) is 27.8 Å². The Morgan fingerprint density at radius 2 is 1.80 bits per heavy atom. The average molecular weight is 499 g/mol. The van der Waals surface area contributed by atoms with E-state index in [0.717, 1.165) is 22.4 Å². The van der Waals surface area contributed by atoms with Gasteiger partial charge < -0.3 is 10.1 Å². The lowest BCUT2D eigenvalue weighted by molar-refractivity contribution is -0.115. The number of hydrogen-bond acceptors (Lipinski definition) is 4. The lowest BCUT2D eigenvalue weighted by atomic mass is 10.0. The van der Waals surface area contributed by atoms with Crippen molar-refractivity contribution in [3.8, 4) is 28.7 Å². The van der Waals surface area contributed by atoms with Gasteiger partial charge in [0, 0.05) is 27.2 Å². The molecule has 0 bridgehead atoms. The number of halogens is 1. The van der Waals surface area contributed by atoms with Crippen LogP contribution < -0.4 is 10.1 Å². The Balaban J connectivity index is 1.59. The van der Waals surface area contributed by atoms with Crippen LogP contribution in [0.3, 0.4) is 0 Å². The zero-order valence-electron chi connectivity index (χ0n) is 19.1. The number of benzene rings is 4. The van der Waals surface area contributed by atoms with Gasteiger partial charge in [0.05, 0.1) is 18.1 Å². The fraction of sp³-hybridized carbons (Fsp3) is 0.103. The first-order chi connectivity index (χ1) is 17.0. The third-order valence-corrected chi connectivity index (χ3v) is 6.32. The number of nitriles is 1. The van der Waals surface area contributed by atoms with Gasteiger partial charge in [0.2, 0.25) is 5.91 Å². The predicted octanol–water partition coefficient (Wildman–Crippen LogP) is 7.96. The maximum absolute atomic E-state index is 12.7. The van der Waals surface area contributed by atoms with Crippen molar-refractivity contribution in [2.45, 2.75) is 18.2 Å². The summed E-state index contributed by atoms with van der Waals surface area (Å²) >= 11 is 7.91. The molecule has 4 aromatic rings. The lowest BCUT2D eigenvalue weighted by Crippen LogP contribution is -2.14. The molecule has 0 aliphatic carbocycles. The van der Waals surface area contributed by atoms with E-state index in [1.54, 1.807) is 42.1 Å². The maximum atomic E-state index is 12.7. The molecular formula is C29H23ClN2O2S. The summed E-state index contributed by atoms with van der Waals surface area (Å²) in [7, 11) is 0. The van der Waals surface area contributed by atoms with Crippen LogP contribution in [0.15, 0.2) is 95.9 Å². The van der Waals surface area contributed by atoms with Crippen molar-refractivity contribution in [3.05, 3.63) is 107 Å². The molecule has 0 aliphatic heterocycles. The Labute approximate surface area is 214 Å². The van der Waals surface area contributed by atoms with Gasteiger partial charge in [-0.1, -0.05) is 48.9 Å². The van der Waals surface area contributed by atoms with Gasteiger partial charge >= 0.3 is 0 Å². The van der Waals surface area contributed by atoms with Crippen LogP contribution in [-0.2, 0) is 11.2 Å². The molecule has 6 heteroatoms. The average Bonchev–Trinajstić information content (AvgIpc) is 2.85. The second-order valence-electron chi connectivity index (χ2n) is 7.76. The van der Waals surface area contributed by atoms with Crippen molar-refractivity contribution >= 4 is 35.0 Å². The fourth-order valence-corrected chi connectivity index (χ4v) is 4.44. The molecule has 35 heavy (non-hydrogen) atoms. The van der Waals surface area contributed by atoms with E-state index in [2.05, 4.69) is 18.3 Å². The molecule has 0 aliphatic rings. The highest BCUT2D eigenvalue weighted by Crippen LogP contribution is 2.36. The highest BCUT2D eigenvalue weighted by atomic mass is 35.5. The molecule has 0 aromatic heterocycles. The van der Waals surface area contributed by atoms with Crippen molar-refractivity contribution in [3.63, 3.8) is 0 Å². The van der Waals surface area contributed by atoms with Crippen LogP contribution >= 0.6 is 23.4 Å². The number of hydrogen-bond donors (Lipinski definition) is 1. The molecule has 0 saturated heterocycles. The predicted molar refractivity (Wildman–Crippen MR) is 143 cm³/mol. The van der Waals surface area contributed by atoms with E-state index in [1.165, 1.54) is 4.90 Å². The third-order valence-electron chi connectivity index (χ3n) is 5.19. The fourth-order valence-electron chi connectivity index (χ4n) is 3.60. The lowest BCUT2D eigenvalue weighted by Gasteiger charge is -2.14. The summed E-state index contributed by atoms with van der Waals surface area (Å²) in [5, 5.41) is 12.8. The van der Waals surface area contributed by atoms with Crippen LogP contribution in [0.2, 0.25) is 5.02 Å². The van der Waals surface area contributed by atoms with E-state index in [1.807, 2.05) is 60.7 Å². The number of rotatable bonds is 8. The zero-order chi connectivity index (χ0) is 24.6. The first-order valence-electron chi connectivity index (χ1n) is 11.1. The first kappa shape index (κ1) is 24.4. The summed E-state index contributed by atoms with van der Waals surface area (Å²) < 4.78 is 6.17. The number of ether oxygens (including phenoxy) is 1. The molecule has 4 rings (SSSR count). The summed E-state index contributed by atoms with van der Waals surface area (Å²) in [4.78, 5) is 13.9. The van der Waals surface area contributed by atoms with Gasteiger partial charge in [0.25, 0.3) is 0 Å². The number of carbonyl (C=O) groups is 1. The monoisotopic (exact) mass is 498 g/mol. The van der Waals surface area contributed by atoms with E-state index < -0.39 is 0 Å². The quantitative estimate of drug-likeness (QED) is 0.250. The van der Waals surface area contributed by atoms with Gasteiger partial charge in [-0.3, -0.25) is 4.79 Å². The Morgan fingerprint density at radius 1 is 1.00 bits per heavy atom. The minimum absolute atomic E-state index is 0.117. The molecule has 174 valence electrons. The summed E-state index contributed by atoms with van der Waals surface area (Å²) in [5.41, 5.74) is 3.75. The molecule has 0 radical (unpaired) electrons. The number of carbonyl (C=O) groups excluding carboxylic acids is 1. The standard InChI is InChI=1S/C29H23ClN2O2S/c1-2-35-26-12-9-20(10-13-26)16-29(33)32-24-11-14-27(22-6-3-5-21(15-22)19-31)28(18-24)34-25-8-4-7-23(30)17-25/h3-15,17-18H,2,16H2,1H3,(H,32,33). The van der Waals surface area contributed by atoms with Gasteiger partial charge in [-0.15, -0.1) is 11.8 Å². The van der Waals surface area contributed by atoms with Gasteiger partial charge in [0.15, 0.2) is 0 Å². The highest BCUT2D eigenvalue weighted by molar-refractivity contribution is 7.99. The topological polar surface area (TPSA) is 62.1 Å². The van der Waals surface area contributed by atoms with Crippen LogP contribution in [0.4, 0.5) is 5.69 Å². The van der Waals surface area contributed by atoms with E-state index in [-0.39, 0.29) is 12.3 Å². The molecule has 0 heterocycles. The SMILES string of the molecule is CCSc1ccc(CC(=O)Nc2ccc(-c3cccc(C#N)c3)c(Oc3cccc(Cl)c3)c2)cc1. The smallest absolute Gasteiger partial charge is 0.228 e. The van der Waals surface area contributed by atoms with Crippen molar-refractivity contribution in [1.82, 2.24) is 0 Å². The molecule has 0 fully saturated rings. The molecule has 1 amide bonds. The van der Waals surface area contributed by atoms with Gasteiger partial charge in [-0.05, 0) is 71.5 Å². The van der Waals surface area contributed by atoms with Crippen molar-refractivity contribution in [2.24, 2.45) is 0 Å². The molecular weight excluding hydrogens is 476 g/mol. The summed E-state index contributed by atoms with van der Waals surface area (Å²) in [6.07, 6.45) is 0.271. The number of amides is 1. The normalized spacial score (nSPS) is 10.4. The minimum Gasteiger partial charge on any atom is -0.457 e. The van der Waals surface area contributed by atoms with Gasteiger partial charge in [-0.2, -0.15) is 5.26 Å². The second-order valence-corrected chi connectivity index (χ2v) is 9.54. The first-order valence-corrected chi connectivity index (χ1v) is 12.5. The van der Waals surface area contributed by atoms with Crippen LogP contribution in [0.5, 0.6) is 11.5 Å². The van der Waals surface area contributed by atoms with Crippen LogP contribution in [0.1, 0.15) is 18.1 Å². The van der Waals surface area contributed by atoms with Crippen molar-refractivity contribution in [1.29, 1.82) is 5.26 Å². The molecule has 4 aromatic carbocycles. The van der Waals surface area contributed by atoms with E-state index in [9.17, 15) is 10.1 Å². The summed E-state index contributed by atoms with van der Waals surface area (Å²) in [5.74, 6) is 2.01. The number of anilines is 1. The number of thioether (sulfide) groups is 1. The van der Waals surface area contributed by atoms with Crippen molar-refractivity contribution < 1.29 is 9.53 Å². The van der Waals surface area contributed by atoms with Crippen LogP contribution in [0.25, 0.3) is 11.1 Å². The highest BCUT2D eigenvalue weighted by Gasteiger charge is 2.12. The Bertz CT molecular complexity index is 1380. The minimum atomic E-state index is -0.117. The van der Waals surface area contributed by atoms with Crippen molar-refractivity contribution in [2.75, 3.05) is 11.1 Å². The number of nitrogens with zero attached hydrogens (tertiary/aromatic N) is 1. The third kappa shape index (κ3) is 6.66.